The van der Waals surface area contributed by atoms with Crippen LogP contribution in [0.25, 0.3) is 0 Å². The number of amides is 1. The highest BCUT2D eigenvalue weighted by Crippen LogP contribution is 2.37. The minimum Gasteiger partial charge on any atom is -0.340 e. The van der Waals surface area contributed by atoms with E-state index in [4.69, 9.17) is 0 Å². The van der Waals surface area contributed by atoms with E-state index < -0.39 is 17.2 Å². The number of carbonyl (C=O) groups is 1. The predicted octanol–water partition coefficient (Wildman–Crippen LogP) is 4.02. The second-order valence-electron chi connectivity index (χ2n) is 10.5. The zero-order valence-electron chi connectivity index (χ0n) is 21.8. The first-order chi connectivity index (χ1) is 18.8. The Hall–Kier alpha value is -4.11. The van der Waals surface area contributed by atoms with E-state index in [0.29, 0.717) is 56.7 Å². The van der Waals surface area contributed by atoms with E-state index in [1.165, 1.54) is 24.3 Å². The number of rotatable bonds is 6. The maximum atomic E-state index is 14.2. The third-order valence-corrected chi connectivity index (χ3v) is 7.81. The largest absolute Gasteiger partial charge is 0.340 e. The van der Waals surface area contributed by atoms with Crippen LogP contribution in [0.1, 0.15) is 33.4 Å². The maximum absolute atomic E-state index is 14.2. The molecule has 5 rings (SSSR count). The van der Waals surface area contributed by atoms with Crippen LogP contribution in [0.5, 0.6) is 0 Å². The van der Waals surface area contributed by atoms with Crippen molar-refractivity contribution in [1.82, 2.24) is 14.7 Å². The van der Waals surface area contributed by atoms with Crippen molar-refractivity contribution < 1.29 is 13.6 Å². The van der Waals surface area contributed by atoms with Crippen LogP contribution < -0.4 is 0 Å². The molecule has 0 spiro atoms. The molecule has 6 nitrogen and oxygen atoms in total. The first-order valence-electron chi connectivity index (χ1n) is 13.0. The molecule has 1 heterocycles. The van der Waals surface area contributed by atoms with Crippen molar-refractivity contribution >= 4 is 5.91 Å². The Kier molecular flexibility index (Phi) is 7.43. The van der Waals surface area contributed by atoms with Gasteiger partial charge in [-0.2, -0.15) is 10.5 Å². The predicted molar refractivity (Wildman–Crippen MR) is 142 cm³/mol. The van der Waals surface area contributed by atoms with Crippen molar-refractivity contribution in [2.45, 2.75) is 31.5 Å². The van der Waals surface area contributed by atoms with Crippen molar-refractivity contribution in [2.75, 3.05) is 33.2 Å². The SMILES string of the molecule is CN(Cc1cc(F)cc(C#N)c1)C(=O)C1(N2CCN(Cc3cc(F)cc(C#N)c3)CC2)Cc2ccccc2C1. The topological polar surface area (TPSA) is 74.4 Å². The lowest BCUT2D eigenvalue weighted by atomic mass is 9.90. The molecular weight excluding hydrogens is 496 g/mol. The van der Waals surface area contributed by atoms with Crippen molar-refractivity contribution in [1.29, 1.82) is 10.5 Å². The fourth-order valence-electron chi connectivity index (χ4n) is 6.01. The van der Waals surface area contributed by atoms with Gasteiger partial charge in [0.2, 0.25) is 5.91 Å². The highest BCUT2D eigenvalue weighted by Gasteiger charge is 2.50. The Morgan fingerprint density at radius 2 is 1.41 bits per heavy atom. The quantitative estimate of drug-likeness (QED) is 0.486. The first kappa shape index (κ1) is 26.5. The first-order valence-corrected chi connectivity index (χ1v) is 13.0. The summed E-state index contributed by atoms with van der Waals surface area (Å²) in [5, 5.41) is 18.4. The molecule has 2 aliphatic rings. The average Bonchev–Trinajstić information content (AvgIpc) is 3.33. The summed E-state index contributed by atoms with van der Waals surface area (Å²) in [6.07, 6.45) is 1.18. The van der Waals surface area contributed by atoms with Crippen LogP contribution in [0.4, 0.5) is 8.78 Å². The summed E-state index contributed by atoms with van der Waals surface area (Å²) in [4.78, 5) is 20.3. The van der Waals surface area contributed by atoms with E-state index in [1.54, 1.807) is 24.1 Å². The Bertz CT molecular complexity index is 1460. The Morgan fingerprint density at radius 1 is 0.872 bits per heavy atom. The molecule has 39 heavy (non-hydrogen) atoms. The molecular formula is C31H29F2N5O. The Balaban J connectivity index is 1.34. The second kappa shape index (κ2) is 10.9. The van der Waals surface area contributed by atoms with Crippen LogP contribution in [0, 0.1) is 34.3 Å². The van der Waals surface area contributed by atoms with Crippen molar-refractivity contribution in [3.8, 4) is 12.1 Å². The standard InChI is InChI=1S/C31H29F2N5O/c1-36(20-24-10-22(18-34)12-28(32)14-24)30(39)31(16-26-4-2-3-5-27(26)17-31)38-8-6-37(7-9-38)21-25-11-23(19-35)13-29(33)15-25/h2-5,10-15H,6-9,16-17,20-21H2,1H3. The molecule has 1 fully saturated rings. The van der Waals surface area contributed by atoms with E-state index in [0.717, 1.165) is 16.7 Å². The molecule has 0 unspecified atom stereocenters. The molecule has 8 heteroatoms. The molecule has 0 radical (unpaired) electrons. The zero-order chi connectivity index (χ0) is 27.6. The van der Waals surface area contributed by atoms with Gasteiger partial charge in [0.15, 0.2) is 0 Å². The minimum absolute atomic E-state index is 0.0290. The van der Waals surface area contributed by atoms with Crippen LogP contribution in [0.2, 0.25) is 0 Å². The zero-order valence-corrected chi connectivity index (χ0v) is 21.8. The van der Waals surface area contributed by atoms with Crippen LogP contribution in [-0.2, 0) is 30.7 Å². The van der Waals surface area contributed by atoms with Crippen molar-refractivity contribution in [3.63, 3.8) is 0 Å². The number of hydrogen-bond donors (Lipinski definition) is 0. The molecule has 0 atom stereocenters. The molecule has 1 aliphatic heterocycles. The lowest BCUT2D eigenvalue weighted by molar-refractivity contribution is -0.145. The summed E-state index contributed by atoms with van der Waals surface area (Å²) < 4.78 is 28.0. The summed E-state index contributed by atoms with van der Waals surface area (Å²) in [6.45, 7) is 3.44. The molecule has 3 aromatic carbocycles. The summed E-state index contributed by atoms with van der Waals surface area (Å²) in [7, 11) is 1.73. The van der Waals surface area contributed by atoms with E-state index in [-0.39, 0.29) is 18.0 Å². The number of halogens is 2. The summed E-state index contributed by atoms with van der Waals surface area (Å²) in [5.41, 5.74) is 3.41. The number of nitriles is 2. The van der Waals surface area contributed by atoms with E-state index in [1.807, 2.05) is 24.3 Å². The number of nitrogens with zero attached hydrogens (tertiary/aromatic N) is 5. The van der Waals surface area contributed by atoms with Gasteiger partial charge in [-0.25, -0.2) is 8.78 Å². The normalized spacial score (nSPS) is 16.7. The molecule has 1 aliphatic carbocycles. The monoisotopic (exact) mass is 525 g/mol. The number of carbonyl (C=O) groups excluding carboxylic acids is 1. The lowest BCUT2D eigenvalue weighted by Crippen LogP contribution is -2.64. The fourth-order valence-corrected chi connectivity index (χ4v) is 6.01. The van der Waals surface area contributed by atoms with Gasteiger partial charge in [-0.3, -0.25) is 14.6 Å². The van der Waals surface area contributed by atoms with E-state index >= 15 is 0 Å². The maximum Gasteiger partial charge on any atom is 0.243 e. The molecule has 0 aromatic heterocycles. The highest BCUT2D eigenvalue weighted by atomic mass is 19.1. The molecule has 1 amide bonds. The van der Waals surface area contributed by atoms with Gasteiger partial charge in [0.05, 0.1) is 23.3 Å². The summed E-state index contributed by atoms with van der Waals surface area (Å²) in [6, 6.07) is 20.7. The minimum atomic E-state index is -0.761. The molecule has 1 saturated heterocycles. The van der Waals surface area contributed by atoms with Crippen molar-refractivity contribution in [3.05, 3.63) is 106 Å². The Labute approximate surface area is 227 Å². The summed E-state index contributed by atoms with van der Waals surface area (Å²) >= 11 is 0. The molecule has 0 bridgehead atoms. The number of benzene rings is 3. The van der Waals surface area contributed by atoms with Crippen LogP contribution in [-0.4, -0.2) is 59.4 Å². The van der Waals surface area contributed by atoms with Crippen LogP contribution in [0.15, 0.2) is 60.7 Å². The van der Waals surface area contributed by atoms with Gasteiger partial charge >= 0.3 is 0 Å². The van der Waals surface area contributed by atoms with Gasteiger partial charge < -0.3 is 4.90 Å². The molecule has 198 valence electrons. The highest BCUT2D eigenvalue weighted by molar-refractivity contribution is 5.88. The van der Waals surface area contributed by atoms with Gasteiger partial charge in [0, 0.05) is 59.2 Å². The van der Waals surface area contributed by atoms with Gasteiger partial charge in [-0.05, 0) is 58.7 Å². The van der Waals surface area contributed by atoms with Crippen LogP contribution >= 0.6 is 0 Å². The number of piperazine rings is 1. The average molecular weight is 526 g/mol. The smallest absolute Gasteiger partial charge is 0.243 e. The van der Waals surface area contributed by atoms with Gasteiger partial charge in [0.1, 0.15) is 17.2 Å². The van der Waals surface area contributed by atoms with Gasteiger partial charge in [0.25, 0.3) is 0 Å². The lowest BCUT2D eigenvalue weighted by Gasteiger charge is -2.46. The second-order valence-corrected chi connectivity index (χ2v) is 10.5. The molecule has 0 saturated carbocycles. The summed E-state index contributed by atoms with van der Waals surface area (Å²) in [5.74, 6) is -0.943. The number of hydrogen-bond acceptors (Lipinski definition) is 5. The number of likely N-dealkylation sites (N-methyl/N-ethyl adjacent to an activating group) is 1. The van der Waals surface area contributed by atoms with E-state index in [2.05, 4.69) is 21.9 Å². The molecule has 0 N–H and O–H groups in total. The number of fused-ring (bicyclic) bond motifs is 1. The van der Waals surface area contributed by atoms with Crippen LogP contribution in [0.3, 0.4) is 0 Å². The molecule has 3 aromatic rings. The third-order valence-electron chi connectivity index (χ3n) is 7.81. The van der Waals surface area contributed by atoms with E-state index in [9.17, 15) is 24.1 Å². The van der Waals surface area contributed by atoms with Gasteiger partial charge in [-0.15, -0.1) is 0 Å². The van der Waals surface area contributed by atoms with Crippen molar-refractivity contribution in [2.24, 2.45) is 0 Å². The Morgan fingerprint density at radius 3 is 1.97 bits per heavy atom. The van der Waals surface area contributed by atoms with Gasteiger partial charge in [-0.1, -0.05) is 24.3 Å². The fraction of sp³-hybridized carbons (Fsp3) is 0.323. The third kappa shape index (κ3) is 5.54.